The summed E-state index contributed by atoms with van der Waals surface area (Å²) in [7, 11) is 0. The van der Waals surface area contributed by atoms with E-state index in [4.69, 9.17) is 10.5 Å². The molecular weight excluding hydrogens is 214 g/mol. The maximum Gasteiger partial charge on any atom is 0.192 e. The van der Waals surface area contributed by atoms with Crippen LogP contribution in [0.5, 0.6) is 0 Å². The van der Waals surface area contributed by atoms with Gasteiger partial charge in [-0.1, -0.05) is 6.92 Å². The fourth-order valence-corrected chi connectivity index (χ4v) is 3.29. The first-order chi connectivity index (χ1) is 7.90. The van der Waals surface area contributed by atoms with Gasteiger partial charge in [0, 0.05) is 19.1 Å². The molecule has 0 bridgehead atoms. The van der Waals surface area contributed by atoms with Crippen LogP contribution in [-0.4, -0.2) is 41.2 Å². The lowest BCUT2D eigenvalue weighted by Crippen LogP contribution is -2.60. The van der Waals surface area contributed by atoms with Crippen molar-refractivity contribution in [3.05, 3.63) is 0 Å². The highest BCUT2D eigenvalue weighted by atomic mass is 16.5. The molecule has 4 nitrogen and oxygen atoms in total. The highest BCUT2D eigenvalue weighted by Crippen LogP contribution is 2.40. The molecule has 0 radical (unpaired) electrons. The van der Waals surface area contributed by atoms with Gasteiger partial charge in [0.15, 0.2) is 5.96 Å². The number of guanidine groups is 1. The van der Waals surface area contributed by atoms with Gasteiger partial charge < -0.3 is 15.4 Å². The molecule has 0 saturated carbocycles. The zero-order valence-corrected chi connectivity index (χ0v) is 11.5. The summed E-state index contributed by atoms with van der Waals surface area (Å²) < 4.78 is 5.83. The van der Waals surface area contributed by atoms with Crippen LogP contribution in [0.25, 0.3) is 0 Å². The Balaban J connectivity index is 2.25. The largest absolute Gasteiger partial charge is 0.375 e. The third kappa shape index (κ3) is 2.15. The Hall–Kier alpha value is -0.770. The smallest absolute Gasteiger partial charge is 0.192 e. The number of aliphatic imine (C=N–C) groups is 1. The normalized spacial score (nSPS) is 33.9. The van der Waals surface area contributed by atoms with Gasteiger partial charge in [0.1, 0.15) is 0 Å². The fraction of sp³-hybridized carbons (Fsp3) is 0.923. The molecule has 2 rings (SSSR count). The Morgan fingerprint density at radius 1 is 1.53 bits per heavy atom. The van der Waals surface area contributed by atoms with E-state index in [0.717, 1.165) is 38.4 Å². The Labute approximate surface area is 104 Å². The van der Waals surface area contributed by atoms with Gasteiger partial charge in [-0.2, -0.15) is 0 Å². The van der Waals surface area contributed by atoms with Crippen LogP contribution in [0.3, 0.4) is 0 Å². The summed E-state index contributed by atoms with van der Waals surface area (Å²) in [6.07, 6.45) is 3.14. The molecular formula is C13H25N3O. The van der Waals surface area contributed by atoms with Gasteiger partial charge in [0.05, 0.1) is 17.7 Å². The van der Waals surface area contributed by atoms with Crippen LogP contribution < -0.4 is 5.73 Å². The van der Waals surface area contributed by atoms with Crippen molar-refractivity contribution in [3.8, 4) is 0 Å². The molecule has 17 heavy (non-hydrogen) atoms. The second-order valence-electron chi connectivity index (χ2n) is 6.06. The third-order valence-electron chi connectivity index (χ3n) is 4.14. The predicted octanol–water partition coefficient (Wildman–Crippen LogP) is 1.74. The SMILES string of the molecule is CCC(C)N1C(N)=NCC12CCOC(C)(C)C2. The van der Waals surface area contributed by atoms with Crippen molar-refractivity contribution in [3.63, 3.8) is 0 Å². The highest BCUT2D eigenvalue weighted by molar-refractivity contribution is 5.81. The van der Waals surface area contributed by atoms with E-state index in [2.05, 4.69) is 37.6 Å². The number of nitrogens with two attached hydrogens (primary N) is 1. The van der Waals surface area contributed by atoms with Crippen molar-refractivity contribution >= 4 is 5.96 Å². The van der Waals surface area contributed by atoms with E-state index in [-0.39, 0.29) is 11.1 Å². The van der Waals surface area contributed by atoms with Crippen LogP contribution in [0.1, 0.15) is 47.0 Å². The molecule has 0 aromatic rings. The standard InChI is InChI=1S/C13H25N3O/c1-5-10(2)16-11(14)15-9-13(16)6-7-17-12(3,4)8-13/h10H,5-9H2,1-4H3,(H2,14,15). The average molecular weight is 239 g/mol. The zero-order chi connectivity index (χ0) is 12.7. The lowest BCUT2D eigenvalue weighted by molar-refractivity contribution is -0.106. The van der Waals surface area contributed by atoms with Crippen molar-refractivity contribution in [1.82, 2.24) is 4.90 Å². The Morgan fingerprint density at radius 2 is 2.24 bits per heavy atom. The number of ether oxygens (including phenoxy) is 1. The number of rotatable bonds is 2. The van der Waals surface area contributed by atoms with E-state index in [9.17, 15) is 0 Å². The molecule has 2 aliphatic rings. The summed E-state index contributed by atoms with van der Waals surface area (Å²) in [6, 6.07) is 0.454. The Bertz CT molecular complexity index is 327. The van der Waals surface area contributed by atoms with E-state index >= 15 is 0 Å². The topological polar surface area (TPSA) is 50.8 Å². The minimum atomic E-state index is -0.0654. The third-order valence-corrected chi connectivity index (χ3v) is 4.14. The molecule has 1 spiro atoms. The van der Waals surface area contributed by atoms with Gasteiger partial charge in [-0.3, -0.25) is 4.99 Å². The van der Waals surface area contributed by atoms with Crippen LogP contribution >= 0.6 is 0 Å². The van der Waals surface area contributed by atoms with Crippen LogP contribution in [-0.2, 0) is 4.74 Å². The molecule has 0 amide bonds. The van der Waals surface area contributed by atoms with Crippen molar-refractivity contribution in [1.29, 1.82) is 0 Å². The van der Waals surface area contributed by atoms with E-state index in [1.807, 2.05) is 0 Å². The van der Waals surface area contributed by atoms with Gasteiger partial charge >= 0.3 is 0 Å². The molecule has 0 aliphatic carbocycles. The maximum atomic E-state index is 6.08. The summed E-state index contributed by atoms with van der Waals surface area (Å²) >= 11 is 0. The predicted molar refractivity (Wildman–Crippen MR) is 70.1 cm³/mol. The van der Waals surface area contributed by atoms with E-state index in [0.29, 0.717) is 6.04 Å². The van der Waals surface area contributed by atoms with Crippen LogP contribution in [0, 0.1) is 0 Å². The van der Waals surface area contributed by atoms with Crippen molar-refractivity contribution in [2.75, 3.05) is 13.2 Å². The minimum Gasteiger partial charge on any atom is -0.375 e. The second-order valence-corrected chi connectivity index (χ2v) is 6.06. The van der Waals surface area contributed by atoms with Crippen molar-refractivity contribution < 1.29 is 4.74 Å². The highest BCUT2D eigenvalue weighted by Gasteiger charge is 2.49. The lowest BCUT2D eigenvalue weighted by atomic mass is 9.80. The van der Waals surface area contributed by atoms with E-state index in [1.165, 1.54) is 0 Å². The second kappa shape index (κ2) is 4.16. The van der Waals surface area contributed by atoms with Crippen molar-refractivity contribution in [2.45, 2.75) is 64.1 Å². The molecule has 2 heterocycles. The van der Waals surface area contributed by atoms with E-state index in [1.54, 1.807) is 0 Å². The molecule has 2 atom stereocenters. The molecule has 2 aliphatic heterocycles. The van der Waals surface area contributed by atoms with Gasteiger partial charge in [-0.15, -0.1) is 0 Å². The van der Waals surface area contributed by atoms with Crippen molar-refractivity contribution in [2.24, 2.45) is 10.7 Å². The first kappa shape index (κ1) is 12.7. The maximum absolute atomic E-state index is 6.08. The van der Waals surface area contributed by atoms with Gasteiger partial charge in [0.2, 0.25) is 0 Å². The number of hydrogen-bond donors (Lipinski definition) is 1. The molecule has 98 valence electrons. The summed E-state index contributed by atoms with van der Waals surface area (Å²) in [6.45, 7) is 10.4. The molecule has 1 fully saturated rings. The minimum absolute atomic E-state index is 0.0654. The summed E-state index contributed by atoms with van der Waals surface area (Å²) in [5.41, 5.74) is 6.12. The first-order valence-corrected chi connectivity index (χ1v) is 6.63. The monoisotopic (exact) mass is 239 g/mol. The number of nitrogens with zero attached hydrogens (tertiary/aromatic N) is 2. The molecule has 2 N–H and O–H groups in total. The van der Waals surface area contributed by atoms with Crippen LogP contribution in [0.4, 0.5) is 0 Å². The zero-order valence-electron chi connectivity index (χ0n) is 11.5. The summed E-state index contributed by atoms with van der Waals surface area (Å²) in [4.78, 5) is 6.84. The summed E-state index contributed by atoms with van der Waals surface area (Å²) in [5.74, 6) is 0.719. The average Bonchev–Trinajstić information content (AvgIpc) is 2.53. The molecule has 1 saturated heterocycles. The molecule has 0 aromatic carbocycles. The van der Waals surface area contributed by atoms with E-state index < -0.39 is 0 Å². The lowest BCUT2D eigenvalue weighted by Gasteiger charge is -2.49. The number of hydrogen-bond acceptors (Lipinski definition) is 4. The fourth-order valence-electron chi connectivity index (χ4n) is 3.29. The Kier molecular flexibility index (Phi) is 3.10. The Morgan fingerprint density at radius 3 is 2.82 bits per heavy atom. The van der Waals surface area contributed by atoms with Gasteiger partial charge in [-0.25, -0.2) is 0 Å². The van der Waals surface area contributed by atoms with Gasteiger partial charge in [-0.05, 0) is 33.6 Å². The van der Waals surface area contributed by atoms with Crippen LogP contribution in [0.15, 0.2) is 4.99 Å². The van der Waals surface area contributed by atoms with Gasteiger partial charge in [0.25, 0.3) is 0 Å². The quantitative estimate of drug-likeness (QED) is 0.798. The molecule has 2 unspecified atom stereocenters. The molecule has 0 aromatic heterocycles. The molecule has 4 heteroatoms. The van der Waals surface area contributed by atoms with Crippen LogP contribution in [0.2, 0.25) is 0 Å². The summed E-state index contributed by atoms with van der Waals surface area (Å²) in [5, 5.41) is 0. The first-order valence-electron chi connectivity index (χ1n) is 6.63.